The second kappa shape index (κ2) is 6.20. The fourth-order valence-electron chi connectivity index (χ4n) is 2.69. The second-order valence-corrected chi connectivity index (χ2v) is 7.68. The zero-order valence-electron chi connectivity index (χ0n) is 13.0. The summed E-state index contributed by atoms with van der Waals surface area (Å²) >= 11 is 0. The fraction of sp³-hybridized carbons (Fsp3) is 0.167. The number of amides is 1. The van der Waals surface area contributed by atoms with Crippen LogP contribution in [-0.2, 0) is 9.84 Å². The van der Waals surface area contributed by atoms with E-state index in [1.807, 2.05) is 25.1 Å². The molecule has 6 heteroatoms. The summed E-state index contributed by atoms with van der Waals surface area (Å²) in [5, 5.41) is 1.14. The summed E-state index contributed by atoms with van der Waals surface area (Å²) in [5.74, 6) is -0.960. The molecule has 1 unspecified atom stereocenters. The largest absolute Gasteiger partial charge is 0.300 e. The lowest BCUT2D eigenvalue weighted by atomic mass is 10.1. The Morgan fingerprint density at radius 3 is 2.46 bits per heavy atom. The highest BCUT2D eigenvalue weighted by Crippen LogP contribution is 2.25. The molecule has 1 aliphatic heterocycles. The topological polar surface area (TPSA) is 54.5 Å². The van der Waals surface area contributed by atoms with Gasteiger partial charge >= 0.3 is 0 Å². The maximum absolute atomic E-state index is 13.1. The lowest BCUT2D eigenvalue weighted by molar-refractivity contribution is 0.0983. The van der Waals surface area contributed by atoms with Gasteiger partial charge in [0.2, 0.25) is 0 Å². The van der Waals surface area contributed by atoms with Crippen LogP contribution >= 0.6 is 0 Å². The molecular weight excluding hydrogens is 329 g/mol. The van der Waals surface area contributed by atoms with Gasteiger partial charge < -0.3 is 4.90 Å². The molecule has 0 fully saturated rings. The molecule has 24 heavy (non-hydrogen) atoms. The molecular formula is C18H16FNO3S. The van der Waals surface area contributed by atoms with Crippen molar-refractivity contribution in [2.45, 2.75) is 13.0 Å². The van der Waals surface area contributed by atoms with E-state index in [-0.39, 0.29) is 11.7 Å². The number of carbonyl (C=O) groups is 1. The van der Waals surface area contributed by atoms with Crippen LogP contribution in [0.25, 0.3) is 0 Å². The van der Waals surface area contributed by atoms with E-state index < -0.39 is 21.7 Å². The molecule has 0 aliphatic carbocycles. The Labute approximate surface area is 140 Å². The van der Waals surface area contributed by atoms with Gasteiger partial charge in [-0.1, -0.05) is 12.1 Å². The number of halogens is 1. The first-order valence-corrected chi connectivity index (χ1v) is 9.14. The number of anilines is 1. The number of sulfone groups is 1. The third-order valence-corrected chi connectivity index (χ3v) is 5.21. The molecule has 0 N–H and O–H groups in total. The van der Waals surface area contributed by atoms with Gasteiger partial charge in [0.25, 0.3) is 5.91 Å². The van der Waals surface area contributed by atoms with Crippen molar-refractivity contribution in [1.29, 1.82) is 0 Å². The van der Waals surface area contributed by atoms with Crippen LogP contribution in [-0.4, -0.2) is 26.1 Å². The SMILES string of the molecule is Cc1cccc(N(C(=O)c2ccc(F)cc2)C2C=CS(=O)(=O)C2)c1. The van der Waals surface area contributed by atoms with Crippen LogP contribution in [0.2, 0.25) is 0 Å². The van der Waals surface area contributed by atoms with Crippen molar-refractivity contribution in [3.63, 3.8) is 0 Å². The molecule has 0 spiro atoms. The van der Waals surface area contributed by atoms with Gasteiger partial charge in [-0.2, -0.15) is 0 Å². The van der Waals surface area contributed by atoms with Crippen LogP contribution in [0.4, 0.5) is 10.1 Å². The summed E-state index contributed by atoms with van der Waals surface area (Å²) < 4.78 is 36.7. The van der Waals surface area contributed by atoms with Crippen LogP contribution in [0.3, 0.4) is 0 Å². The van der Waals surface area contributed by atoms with E-state index in [2.05, 4.69) is 0 Å². The average Bonchev–Trinajstić information content (AvgIpc) is 2.88. The predicted octanol–water partition coefficient (Wildman–Crippen LogP) is 3.09. The van der Waals surface area contributed by atoms with Gasteiger partial charge in [-0.15, -0.1) is 0 Å². The number of hydrogen-bond donors (Lipinski definition) is 0. The number of rotatable bonds is 3. The van der Waals surface area contributed by atoms with E-state index in [0.29, 0.717) is 11.3 Å². The van der Waals surface area contributed by atoms with E-state index in [0.717, 1.165) is 11.0 Å². The van der Waals surface area contributed by atoms with E-state index >= 15 is 0 Å². The Balaban J connectivity index is 2.03. The summed E-state index contributed by atoms with van der Waals surface area (Å²) in [5.41, 5.74) is 1.86. The summed E-state index contributed by atoms with van der Waals surface area (Å²) in [6.45, 7) is 1.89. The lowest BCUT2D eigenvalue weighted by Gasteiger charge is -2.28. The fourth-order valence-corrected chi connectivity index (χ4v) is 3.96. The molecule has 0 saturated carbocycles. The molecule has 1 heterocycles. The second-order valence-electron chi connectivity index (χ2n) is 5.75. The number of carbonyl (C=O) groups excluding carboxylic acids is 1. The van der Waals surface area contributed by atoms with Crippen molar-refractivity contribution in [2.24, 2.45) is 0 Å². The first-order chi connectivity index (χ1) is 11.4. The zero-order chi connectivity index (χ0) is 17.3. The quantitative estimate of drug-likeness (QED) is 0.859. The van der Waals surface area contributed by atoms with Crippen molar-refractivity contribution >= 4 is 21.4 Å². The molecule has 124 valence electrons. The Hall–Kier alpha value is -2.47. The van der Waals surface area contributed by atoms with E-state index in [1.165, 1.54) is 35.2 Å². The smallest absolute Gasteiger partial charge is 0.258 e. The van der Waals surface area contributed by atoms with Crippen molar-refractivity contribution in [1.82, 2.24) is 0 Å². The maximum atomic E-state index is 13.1. The third-order valence-electron chi connectivity index (χ3n) is 3.83. The van der Waals surface area contributed by atoms with E-state index in [4.69, 9.17) is 0 Å². The van der Waals surface area contributed by atoms with Gasteiger partial charge in [0.1, 0.15) is 5.82 Å². The molecule has 1 aliphatic rings. The van der Waals surface area contributed by atoms with Crippen molar-refractivity contribution in [3.8, 4) is 0 Å². The first-order valence-electron chi connectivity index (χ1n) is 7.42. The van der Waals surface area contributed by atoms with Crippen LogP contribution < -0.4 is 4.90 Å². The summed E-state index contributed by atoms with van der Waals surface area (Å²) in [6, 6.07) is 11.9. The Morgan fingerprint density at radius 2 is 1.88 bits per heavy atom. The monoisotopic (exact) mass is 345 g/mol. The van der Waals surface area contributed by atoms with Crippen LogP contribution in [0.1, 0.15) is 15.9 Å². The van der Waals surface area contributed by atoms with Crippen molar-refractivity contribution < 1.29 is 17.6 Å². The van der Waals surface area contributed by atoms with E-state index in [9.17, 15) is 17.6 Å². The molecule has 1 amide bonds. The minimum absolute atomic E-state index is 0.159. The van der Waals surface area contributed by atoms with Gasteiger partial charge in [0.05, 0.1) is 11.8 Å². The molecule has 0 saturated heterocycles. The van der Waals surface area contributed by atoms with Gasteiger partial charge in [0.15, 0.2) is 9.84 Å². The number of nitrogens with zero attached hydrogens (tertiary/aromatic N) is 1. The van der Waals surface area contributed by atoms with Gasteiger partial charge in [0, 0.05) is 16.7 Å². The molecule has 2 aromatic rings. The lowest BCUT2D eigenvalue weighted by Crippen LogP contribution is -2.41. The summed E-state index contributed by atoms with van der Waals surface area (Å²) in [7, 11) is -3.32. The molecule has 2 aromatic carbocycles. The standard InChI is InChI=1S/C18H16FNO3S/c1-13-3-2-4-16(11-13)20(17-9-10-24(22,23)12-17)18(21)14-5-7-15(19)8-6-14/h2-11,17H,12H2,1H3. The van der Waals surface area contributed by atoms with E-state index in [1.54, 1.807) is 6.07 Å². The first kappa shape index (κ1) is 16.4. The summed E-state index contributed by atoms with van der Waals surface area (Å²) in [6.07, 6.45) is 1.51. The van der Waals surface area contributed by atoms with Crippen molar-refractivity contribution in [3.05, 3.63) is 77.0 Å². The molecule has 4 nitrogen and oxygen atoms in total. The number of benzene rings is 2. The van der Waals surface area contributed by atoms with Crippen LogP contribution in [0.5, 0.6) is 0 Å². The molecule has 0 aromatic heterocycles. The maximum Gasteiger partial charge on any atom is 0.258 e. The van der Waals surface area contributed by atoms with Crippen LogP contribution in [0, 0.1) is 12.7 Å². The highest BCUT2D eigenvalue weighted by Gasteiger charge is 2.32. The Bertz CT molecular complexity index is 904. The van der Waals surface area contributed by atoms with Gasteiger partial charge in [-0.25, -0.2) is 12.8 Å². The number of hydrogen-bond acceptors (Lipinski definition) is 3. The molecule has 0 radical (unpaired) electrons. The van der Waals surface area contributed by atoms with Gasteiger partial charge in [-0.3, -0.25) is 4.79 Å². The molecule has 1 atom stereocenters. The van der Waals surface area contributed by atoms with Crippen LogP contribution in [0.15, 0.2) is 60.0 Å². The normalized spacial score (nSPS) is 18.5. The minimum atomic E-state index is -3.32. The summed E-state index contributed by atoms with van der Waals surface area (Å²) in [4.78, 5) is 14.4. The highest BCUT2D eigenvalue weighted by molar-refractivity contribution is 7.94. The predicted molar refractivity (Wildman–Crippen MR) is 91.1 cm³/mol. The minimum Gasteiger partial charge on any atom is -0.300 e. The Morgan fingerprint density at radius 1 is 1.17 bits per heavy atom. The highest BCUT2D eigenvalue weighted by atomic mass is 32.2. The average molecular weight is 345 g/mol. The molecule has 0 bridgehead atoms. The van der Waals surface area contributed by atoms with Crippen molar-refractivity contribution in [2.75, 3.05) is 10.7 Å². The Kier molecular flexibility index (Phi) is 4.24. The molecule has 3 rings (SSSR count). The zero-order valence-corrected chi connectivity index (χ0v) is 13.8. The van der Waals surface area contributed by atoms with Gasteiger partial charge in [-0.05, 0) is 55.0 Å². The third kappa shape index (κ3) is 3.38. The number of aryl methyl sites for hydroxylation is 1.